The van der Waals surface area contributed by atoms with Crippen molar-refractivity contribution in [1.82, 2.24) is 4.31 Å². The predicted octanol–water partition coefficient (Wildman–Crippen LogP) is 3.48. The Morgan fingerprint density at radius 1 is 1.25 bits per heavy atom. The molecule has 0 N–H and O–H groups in total. The van der Waals surface area contributed by atoms with Crippen molar-refractivity contribution in [3.05, 3.63) is 52.0 Å². The molecule has 2 aromatic rings. The number of nitrogens with zero attached hydrogens (tertiary/aromatic N) is 1. The van der Waals surface area contributed by atoms with Crippen LogP contribution >= 0.6 is 11.3 Å². The summed E-state index contributed by atoms with van der Waals surface area (Å²) in [5.74, 6) is -0.459. The van der Waals surface area contributed by atoms with Gasteiger partial charge in [-0.15, -0.1) is 11.3 Å². The Morgan fingerprint density at radius 3 is 2.54 bits per heavy atom. The number of carbonyl (C=O) groups excluding carboxylic acids is 1. The van der Waals surface area contributed by atoms with E-state index in [1.807, 2.05) is 11.4 Å². The molecule has 1 saturated heterocycles. The minimum absolute atomic E-state index is 0.0969. The van der Waals surface area contributed by atoms with E-state index >= 15 is 0 Å². The fourth-order valence-corrected chi connectivity index (χ4v) is 5.20. The fourth-order valence-electron chi connectivity index (χ4n) is 2.90. The summed E-state index contributed by atoms with van der Waals surface area (Å²) in [5, 5.41) is 1.86. The first-order valence-corrected chi connectivity index (χ1v) is 10.1. The number of hydrogen-bond donors (Lipinski definition) is 0. The minimum atomic E-state index is -3.65. The van der Waals surface area contributed by atoms with Gasteiger partial charge in [-0.2, -0.15) is 4.31 Å². The number of piperidine rings is 1. The zero-order valence-corrected chi connectivity index (χ0v) is 14.9. The number of ketones is 1. The van der Waals surface area contributed by atoms with Crippen molar-refractivity contribution >= 4 is 27.1 Å². The molecule has 1 aromatic carbocycles. The quantitative estimate of drug-likeness (QED) is 0.778. The number of hydrogen-bond acceptors (Lipinski definition) is 4. The number of halogens is 1. The van der Waals surface area contributed by atoms with Crippen molar-refractivity contribution in [3.63, 3.8) is 0 Å². The number of carbonyl (C=O) groups is 1. The van der Waals surface area contributed by atoms with Crippen LogP contribution in [0.2, 0.25) is 0 Å². The van der Waals surface area contributed by atoms with E-state index in [9.17, 15) is 17.6 Å². The average Bonchev–Trinajstić information content (AvgIpc) is 3.11. The molecule has 1 aliphatic rings. The molecular formula is C17H18FNO3S2. The summed E-state index contributed by atoms with van der Waals surface area (Å²) in [7, 11) is -3.65. The Bertz CT molecular complexity index is 839. The highest BCUT2D eigenvalue weighted by atomic mass is 32.2. The van der Waals surface area contributed by atoms with Gasteiger partial charge in [-0.05, 0) is 55.0 Å². The molecule has 1 aliphatic heterocycles. The van der Waals surface area contributed by atoms with Gasteiger partial charge in [-0.3, -0.25) is 4.79 Å². The molecule has 2 heterocycles. The molecular weight excluding hydrogens is 349 g/mol. The van der Waals surface area contributed by atoms with Crippen LogP contribution in [-0.4, -0.2) is 31.6 Å². The van der Waals surface area contributed by atoms with Crippen molar-refractivity contribution < 1.29 is 17.6 Å². The summed E-state index contributed by atoms with van der Waals surface area (Å²) >= 11 is 1.41. The number of benzene rings is 1. The molecule has 1 aromatic heterocycles. The molecule has 7 heteroatoms. The van der Waals surface area contributed by atoms with Crippen molar-refractivity contribution in [1.29, 1.82) is 0 Å². The molecule has 4 nitrogen and oxygen atoms in total. The molecule has 0 atom stereocenters. The van der Waals surface area contributed by atoms with Gasteiger partial charge in [0.15, 0.2) is 5.78 Å². The molecule has 3 rings (SSSR count). The van der Waals surface area contributed by atoms with Gasteiger partial charge in [0.1, 0.15) is 5.82 Å². The summed E-state index contributed by atoms with van der Waals surface area (Å²) in [6, 6.07) is 7.47. The second-order valence-electron chi connectivity index (χ2n) is 5.93. The first-order valence-electron chi connectivity index (χ1n) is 7.73. The fraction of sp³-hybridized carbons (Fsp3) is 0.353. The summed E-state index contributed by atoms with van der Waals surface area (Å²) in [6.07, 6.45) is 1.02. The van der Waals surface area contributed by atoms with Crippen LogP contribution in [0.4, 0.5) is 4.39 Å². The maximum atomic E-state index is 13.4. The topological polar surface area (TPSA) is 54.5 Å². The lowest BCUT2D eigenvalue weighted by Gasteiger charge is -2.30. The Labute approximate surface area is 145 Å². The lowest BCUT2D eigenvalue weighted by molar-refractivity contribution is 0.0879. The smallest absolute Gasteiger partial charge is 0.243 e. The van der Waals surface area contributed by atoms with Crippen LogP contribution in [0.5, 0.6) is 0 Å². The monoisotopic (exact) mass is 367 g/mol. The molecule has 0 unspecified atom stereocenters. The molecule has 128 valence electrons. The lowest BCUT2D eigenvalue weighted by Crippen LogP contribution is -2.40. The van der Waals surface area contributed by atoms with E-state index in [-0.39, 0.29) is 16.6 Å². The van der Waals surface area contributed by atoms with E-state index in [2.05, 4.69) is 0 Å². The third-order valence-electron chi connectivity index (χ3n) is 4.36. The first-order chi connectivity index (χ1) is 11.4. The van der Waals surface area contributed by atoms with Crippen molar-refractivity contribution in [3.8, 4) is 0 Å². The van der Waals surface area contributed by atoms with E-state index in [0.29, 0.717) is 31.5 Å². The Kier molecular flexibility index (Phi) is 4.85. The van der Waals surface area contributed by atoms with Gasteiger partial charge >= 0.3 is 0 Å². The first kappa shape index (κ1) is 17.3. The maximum Gasteiger partial charge on any atom is 0.243 e. The number of rotatable bonds is 4. The molecule has 0 bridgehead atoms. The standard InChI is InChI=1S/C17H18FNO3S2/c1-12-11-14(4-5-15(12)18)24(21,22)19-8-6-13(7-9-19)17(20)16-3-2-10-23-16/h2-5,10-11,13H,6-9H2,1H3. The summed E-state index contributed by atoms with van der Waals surface area (Å²) < 4.78 is 40.1. The van der Waals surface area contributed by atoms with E-state index in [4.69, 9.17) is 0 Å². The highest BCUT2D eigenvalue weighted by molar-refractivity contribution is 7.89. The zero-order chi connectivity index (χ0) is 17.3. The van der Waals surface area contributed by atoms with Gasteiger partial charge in [0.25, 0.3) is 0 Å². The van der Waals surface area contributed by atoms with E-state index in [1.165, 1.54) is 33.8 Å². The lowest BCUT2D eigenvalue weighted by atomic mass is 9.93. The van der Waals surface area contributed by atoms with Gasteiger partial charge < -0.3 is 0 Å². The van der Waals surface area contributed by atoms with Crippen LogP contribution in [0.1, 0.15) is 28.1 Å². The van der Waals surface area contributed by atoms with Gasteiger partial charge in [0.2, 0.25) is 10.0 Å². The second kappa shape index (κ2) is 6.74. The molecule has 0 saturated carbocycles. The number of Topliss-reactive ketones (excluding diaryl/α,β-unsaturated/α-hetero) is 1. The van der Waals surface area contributed by atoms with Crippen LogP contribution in [0, 0.1) is 18.7 Å². The van der Waals surface area contributed by atoms with Crippen LogP contribution in [0.15, 0.2) is 40.6 Å². The predicted molar refractivity (Wildman–Crippen MR) is 91.3 cm³/mol. The molecule has 0 radical (unpaired) electrons. The van der Waals surface area contributed by atoms with Crippen molar-refractivity contribution in [2.45, 2.75) is 24.7 Å². The largest absolute Gasteiger partial charge is 0.293 e. The van der Waals surface area contributed by atoms with Crippen molar-refractivity contribution in [2.24, 2.45) is 5.92 Å². The Morgan fingerprint density at radius 2 is 1.96 bits per heavy atom. The minimum Gasteiger partial charge on any atom is -0.293 e. The highest BCUT2D eigenvalue weighted by Crippen LogP contribution is 2.28. The van der Waals surface area contributed by atoms with E-state index in [1.54, 1.807) is 13.0 Å². The van der Waals surface area contributed by atoms with Gasteiger partial charge in [-0.1, -0.05) is 6.07 Å². The molecule has 0 amide bonds. The maximum absolute atomic E-state index is 13.4. The summed E-state index contributed by atoms with van der Waals surface area (Å²) in [5.41, 5.74) is 0.304. The number of thiophene rings is 1. The van der Waals surface area contributed by atoms with Crippen LogP contribution in [0.3, 0.4) is 0 Å². The van der Waals surface area contributed by atoms with E-state index < -0.39 is 15.8 Å². The molecule has 24 heavy (non-hydrogen) atoms. The normalized spacial score (nSPS) is 17.1. The average molecular weight is 367 g/mol. The third-order valence-corrected chi connectivity index (χ3v) is 7.13. The zero-order valence-electron chi connectivity index (χ0n) is 13.2. The Hall–Kier alpha value is -1.57. The molecule has 0 aliphatic carbocycles. The Balaban J connectivity index is 1.71. The van der Waals surface area contributed by atoms with Crippen molar-refractivity contribution in [2.75, 3.05) is 13.1 Å². The number of aryl methyl sites for hydroxylation is 1. The van der Waals surface area contributed by atoms with Gasteiger partial charge in [0.05, 0.1) is 9.77 Å². The van der Waals surface area contributed by atoms with Crippen LogP contribution < -0.4 is 0 Å². The summed E-state index contributed by atoms with van der Waals surface area (Å²) in [4.78, 5) is 13.2. The third kappa shape index (κ3) is 3.29. The molecule has 1 fully saturated rings. The molecule has 0 spiro atoms. The summed E-state index contributed by atoms with van der Waals surface area (Å²) in [6.45, 7) is 2.15. The number of sulfonamides is 1. The van der Waals surface area contributed by atoms with Gasteiger partial charge in [0, 0.05) is 19.0 Å². The van der Waals surface area contributed by atoms with Crippen LogP contribution in [-0.2, 0) is 10.0 Å². The highest BCUT2D eigenvalue weighted by Gasteiger charge is 2.32. The SMILES string of the molecule is Cc1cc(S(=O)(=O)N2CCC(C(=O)c3cccs3)CC2)ccc1F. The van der Waals surface area contributed by atoms with Crippen LogP contribution in [0.25, 0.3) is 0 Å². The van der Waals surface area contributed by atoms with Gasteiger partial charge in [-0.25, -0.2) is 12.8 Å². The van der Waals surface area contributed by atoms with E-state index in [0.717, 1.165) is 4.88 Å². The second-order valence-corrected chi connectivity index (χ2v) is 8.82.